The highest BCUT2D eigenvalue weighted by Crippen LogP contribution is 2.35. The van der Waals surface area contributed by atoms with E-state index in [0.29, 0.717) is 25.2 Å². The normalized spacial score (nSPS) is 15.4. The molecule has 1 aromatic heterocycles. The summed E-state index contributed by atoms with van der Waals surface area (Å²) in [5, 5.41) is 11.9. The van der Waals surface area contributed by atoms with Gasteiger partial charge in [0.25, 0.3) is 0 Å². The predicted molar refractivity (Wildman–Crippen MR) is 91.9 cm³/mol. The van der Waals surface area contributed by atoms with Crippen LogP contribution in [0.5, 0.6) is 0 Å². The van der Waals surface area contributed by atoms with E-state index in [9.17, 15) is 9.59 Å². The molecule has 0 unspecified atom stereocenters. The maximum atomic E-state index is 12.1. The van der Waals surface area contributed by atoms with Gasteiger partial charge in [-0.2, -0.15) is 0 Å². The number of carboxylic acid groups (broad SMARTS) is 1. The molecule has 0 spiro atoms. The molecule has 2 aromatic rings. The second kappa shape index (κ2) is 7.51. The average molecular weight is 342 g/mol. The summed E-state index contributed by atoms with van der Waals surface area (Å²) in [7, 11) is 0. The molecule has 25 heavy (non-hydrogen) atoms. The quantitative estimate of drug-likeness (QED) is 0.768. The lowest BCUT2D eigenvalue weighted by atomic mass is 9.74. The Balaban J connectivity index is 1.46. The number of nitrogens with one attached hydrogen (secondary N) is 1. The number of aryl methyl sites for hydroxylation is 1. The maximum absolute atomic E-state index is 12.1. The molecule has 6 nitrogen and oxygen atoms in total. The summed E-state index contributed by atoms with van der Waals surface area (Å²) in [4.78, 5) is 27.3. The van der Waals surface area contributed by atoms with Crippen LogP contribution in [-0.4, -0.2) is 27.5 Å². The Morgan fingerprint density at radius 2 is 2.00 bits per heavy atom. The molecular formula is C19H22N2O4. The maximum Gasteiger partial charge on any atom is 0.305 e. The number of hydrogen-bond donors (Lipinski definition) is 2. The summed E-state index contributed by atoms with van der Waals surface area (Å²) in [6.07, 6.45) is 5.67. The van der Waals surface area contributed by atoms with Crippen LogP contribution in [0.2, 0.25) is 0 Å². The van der Waals surface area contributed by atoms with Crippen molar-refractivity contribution in [1.29, 1.82) is 0 Å². The number of carboxylic acids is 1. The van der Waals surface area contributed by atoms with E-state index >= 15 is 0 Å². The number of oxazole rings is 1. The van der Waals surface area contributed by atoms with E-state index in [-0.39, 0.29) is 12.3 Å². The van der Waals surface area contributed by atoms with Gasteiger partial charge >= 0.3 is 5.97 Å². The van der Waals surface area contributed by atoms with Gasteiger partial charge in [0, 0.05) is 18.4 Å². The van der Waals surface area contributed by atoms with Crippen molar-refractivity contribution < 1.29 is 19.1 Å². The van der Waals surface area contributed by atoms with Crippen LogP contribution in [0, 0.1) is 0 Å². The van der Waals surface area contributed by atoms with Gasteiger partial charge in [-0.1, -0.05) is 30.3 Å². The topological polar surface area (TPSA) is 92.4 Å². The summed E-state index contributed by atoms with van der Waals surface area (Å²) in [6.45, 7) is 0. The molecule has 132 valence electrons. The zero-order valence-corrected chi connectivity index (χ0v) is 14.0. The first-order valence-corrected chi connectivity index (χ1v) is 8.59. The number of hydrogen-bond acceptors (Lipinski definition) is 4. The second-order valence-electron chi connectivity index (χ2n) is 6.59. The third-order valence-corrected chi connectivity index (χ3v) is 4.61. The van der Waals surface area contributed by atoms with Gasteiger partial charge in [0.1, 0.15) is 0 Å². The van der Waals surface area contributed by atoms with Gasteiger partial charge in [-0.05, 0) is 25.7 Å². The van der Waals surface area contributed by atoms with Crippen LogP contribution < -0.4 is 5.32 Å². The molecule has 3 rings (SSSR count). The van der Waals surface area contributed by atoms with E-state index in [0.717, 1.165) is 30.6 Å². The van der Waals surface area contributed by atoms with Crippen LogP contribution in [0.3, 0.4) is 0 Å². The van der Waals surface area contributed by atoms with Crippen LogP contribution in [0.1, 0.15) is 44.4 Å². The third-order valence-electron chi connectivity index (χ3n) is 4.61. The lowest BCUT2D eigenvalue weighted by molar-refractivity contribution is -0.140. The minimum Gasteiger partial charge on any atom is -0.481 e. The molecule has 1 heterocycles. The van der Waals surface area contributed by atoms with Crippen molar-refractivity contribution in [2.24, 2.45) is 0 Å². The highest BCUT2D eigenvalue weighted by molar-refractivity contribution is 5.78. The van der Waals surface area contributed by atoms with E-state index in [4.69, 9.17) is 9.52 Å². The molecule has 1 saturated carbocycles. The lowest BCUT2D eigenvalue weighted by Gasteiger charge is -2.41. The number of rotatable bonds is 8. The van der Waals surface area contributed by atoms with Crippen molar-refractivity contribution in [2.45, 2.75) is 50.5 Å². The Hall–Kier alpha value is -2.63. The summed E-state index contributed by atoms with van der Waals surface area (Å²) < 4.78 is 5.72. The lowest BCUT2D eigenvalue weighted by Crippen LogP contribution is -2.54. The highest BCUT2D eigenvalue weighted by atomic mass is 16.4. The smallest absolute Gasteiger partial charge is 0.305 e. The molecule has 0 atom stereocenters. The van der Waals surface area contributed by atoms with Gasteiger partial charge in [-0.3, -0.25) is 9.59 Å². The summed E-state index contributed by atoms with van der Waals surface area (Å²) in [5.74, 6) is 0.356. The molecule has 0 radical (unpaired) electrons. The number of amides is 1. The van der Waals surface area contributed by atoms with E-state index in [1.54, 1.807) is 6.20 Å². The molecule has 1 aliphatic rings. The van der Waals surface area contributed by atoms with Crippen LogP contribution in [0.25, 0.3) is 11.3 Å². The number of aliphatic carboxylic acids is 1. The molecule has 0 saturated heterocycles. The first-order valence-electron chi connectivity index (χ1n) is 8.59. The van der Waals surface area contributed by atoms with E-state index in [1.165, 1.54) is 0 Å². The first kappa shape index (κ1) is 17.2. The van der Waals surface area contributed by atoms with Crippen molar-refractivity contribution in [3.63, 3.8) is 0 Å². The molecule has 1 fully saturated rings. The zero-order chi connectivity index (χ0) is 17.7. The van der Waals surface area contributed by atoms with Gasteiger partial charge in [0.15, 0.2) is 11.7 Å². The van der Waals surface area contributed by atoms with Crippen LogP contribution in [0.4, 0.5) is 0 Å². The fraction of sp³-hybridized carbons (Fsp3) is 0.421. The zero-order valence-electron chi connectivity index (χ0n) is 14.0. The Morgan fingerprint density at radius 3 is 2.64 bits per heavy atom. The first-order chi connectivity index (χ1) is 12.1. The van der Waals surface area contributed by atoms with E-state index < -0.39 is 11.5 Å². The molecule has 0 bridgehead atoms. The minimum atomic E-state index is -0.867. The fourth-order valence-electron chi connectivity index (χ4n) is 3.16. The Labute approximate surface area is 146 Å². The van der Waals surface area contributed by atoms with Gasteiger partial charge in [0.2, 0.25) is 5.91 Å². The Bertz CT molecular complexity index is 735. The summed E-state index contributed by atoms with van der Waals surface area (Å²) in [5.41, 5.74) is 0.436. The van der Waals surface area contributed by atoms with Crippen LogP contribution in [0.15, 0.2) is 40.9 Å². The standard InChI is InChI=1S/C19H22N2O4/c22-16(21-19(10-5-11-19)12-18(23)24)8-4-9-17-20-13-15(25-17)14-6-2-1-3-7-14/h1-3,6-7,13H,4-5,8-12H2,(H,21,22)(H,23,24). The summed E-state index contributed by atoms with van der Waals surface area (Å²) in [6, 6.07) is 9.74. The molecule has 1 aliphatic carbocycles. The average Bonchev–Trinajstić information content (AvgIpc) is 3.02. The van der Waals surface area contributed by atoms with Crippen molar-refractivity contribution in [3.8, 4) is 11.3 Å². The number of carbonyl (C=O) groups is 2. The van der Waals surface area contributed by atoms with Crippen molar-refractivity contribution in [3.05, 3.63) is 42.4 Å². The number of aromatic nitrogens is 1. The molecule has 6 heteroatoms. The van der Waals surface area contributed by atoms with E-state index in [1.807, 2.05) is 30.3 Å². The molecule has 1 aromatic carbocycles. The largest absolute Gasteiger partial charge is 0.481 e. The van der Waals surface area contributed by atoms with Gasteiger partial charge in [0.05, 0.1) is 18.2 Å². The van der Waals surface area contributed by atoms with E-state index in [2.05, 4.69) is 10.3 Å². The number of nitrogens with zero attached hydrogens (tertiary/aromatic N) is 1. The Kier molecular flexibility index (Phi) is 5.16. The minimum absolute atomic E-state index is 0.00108. The van der Waals surface area contributed by atoms with Gasteiger partial charge < -0.3 is 14.8 Å². The van der Waals surface area contributed by atoms with Gasteiger partial charge in [-0.25, -0.2) is 4.98 Å². The predicted octanol–water partition coefficient (Wildman–Crippen LogP) is 3.18. The summed E-state index contributed by atoms with van der Waals surface area (Å²) >= 11 is 0. The van der Waals surface area contributed by atoms with Crippen molar-refractivity contribution in [2.75, 3.05) is 0 Å². The second-order valence-corrected chi connectivity index (χ2v) is 6.59. The molecule has 2 N–H and O–H groups in total. The van der Waals surface area contributed by atoms with Crippen LogP contribution >= 0.6 is 0 Å². The van der Waals surface area contributed by atoms with Crippen LogP contribution in [-0.2, 0) is 16.0 Å². The molecular weight excluding hydrogens is 320 g/mol. The van der Waals surface area contributed by atoms with Gasteiger partial charge in [-0.15, -0.1) is 0 Å². The number of benzene rings is 1. The third kappa shape index (κ3) is 4.47. The van der Waals surface area contributed by atoms with Crippen molar-refractivity contribution >= 4 is 11.9 Å². The number of carbonyl (C=O) groups excluding carboxylic acids is 1. The van der Waals surface area contributed by atoms with Crippen molar-refractivity contribution in [1.82, 2.24) is 10.3 Å². The Morgan fingerprint density at radius 1 is 1.24 bits per heavy atom. The monoisotopic (exact) mass is 342 g/mol. The highest BCUT2D eigenvalue weighted by Gasteiger charge is 2.40. The molecule has 1 amide bonds. The SMILES string of the molecule is O=C(O)CC1(NC(=O)CCCc2ncc(-c3ccccc3)o2)CCC1. The fourth-order valence-corrected chi connectivity index (χ4v) is 3.16. The molecule has 0 aliphatic heterocycles.